The molecule has 1 aliphatic rings. The fourth-order valence-corrected chi connectivity index (χ4v) is 1.70. The number of amidine groups is 1. The summed E-state index contributed by atoms with van der Waals surface area (Å²) in [7, 11) is -1.26. The standard InChI is InChI=1S/C8H7N3OS.BrH/c9-8-11-7(5-13(8)12)6-2-1-3-10-4-6;/h1-5H,(H2,9,11);1H. The predicted molar refractivity (Wildman–Crippen MR) is 62.3 cm³/mol. The van der Waals surface area contributed by atoms with Crippen LogP contribution in [-0.2, 0) is 10.8 Å². The first-order valence-corrected chi connectivity index (χ1v) is 4.85. The molecule has 14 heavy (non-hydrogen) atoms. The highest BCUT2D eigenvalue weighted by molar-refractivity contribution is 8.93. The molecule has 0 radical (unpaired) electrons. The zero-order valence-electron chi connectivity index (χ0n) is 7.08. The summed E-state index contributed by atoms with van der Waals surface area (Å²) in [5.74, 6) is 0. The number of nitrogens with zero attached hydrogens (tertiary/aromatic N) is 2. The minimum absolute atomic E-state index is 0. The number of pyridine rings is 1. The Hall–Kier alpha value is -1.01. The second kappa shape index (κ2) is 4.47. The van der Waals surface area contributed by atoms with E-state index in [0.29, 0.717) is 5.70 Å². The molecule has 0 fully saturated rings. The fourth-order valence-electron chi connectivity index (χ4n) is 0.999. The summed E-state index contributed by atoms with van der Waals surface area (Å²) >= 11 is 0. The van der Waals surface area contributed by atoms with Gasteiger partial charge in [-0.2, -0.15) is 0 Å². The van der Waals surface area contributed by atoms with Gasteiger partial charge in [0.15, 0.2) is 5.17 Å². The number of hydrogen-bond acceptors (Lipinski definition) is 4. The molecule has 2 N–H and O–H groups in total. The van der Waals surface area contributed by atoms with Gasteiger partial charge in [-0.25, -0.2) is 9.20 Å². The van der Waals surface area contributed by atoms with Crippen LogP contribution < -0.4 is 5.73 Å². The first-order valence-electron chi connectivity index (χ1n) is 3.64. The lowest BCUT2D eigenvalue weighted by atomic mass is 10.2. The number of nitrogens with two attached hydrogens (primary N) is 1. The third-order valence-corrected chi connectivity index (χ3v) is 2.55. The lowest BCUT2D eigenvalue weighted by molar-refractivity contribution is 0.694. The van der Waals surface area contributed by atoms with E-state index in [-0.39, 0.29) is 22.1 Å². The SMILES string of the molecule is Br.NC1=NC(c2cccnc2)=CS1=O. The van der Waals surface area contributed by atoms with Gasteiger partial charge in [0.2, 0.25) is 0 Å². The van der Waals surface area contributed by atoms with E-state index in [1.165, 1.54) is 5.41 Å². The molecule has 1 aliphatic heterocycles. The van der Waals surface area contributed by atoms with Crippen LogP contribution in [0.3, 0.4) is 0 Å². The monoisotopic (exact) mass is 273 g/mol. The molecule has 2 rings (SSSR count). The van der Waals surface area contributed by atoms with Crippen LogP contribution in [0.15, 0.2) is 34.9 Å². The summed E-state index contributed by atoms with van der Waals surface area (Å²) in [5, 5.41) is 1.67. The molecule has 1 unspecified atom stereocenters. The molecule has 0 aromatic carbocycles. The van der Waals surface area contributed by atoms with Crippen LogP contribution in [0.4, 0.5) is 0 Å². The molecule has 0 saturated carbocycles. The molecular formula is C8H8BrN3OS. The summed E-state index contributed by atoms with van der Waals surface area (Å²) in [6.07, 6.45) is 3.33. The highest BCUT2D eigenvalue weighted by atomic mass is 79.9. The Morgan fingerprint density at radius 1 is 1.43 bits per heavy atom. The first-order chi connectivity index (χ1) is 6.27. The Labute approximate surface area is 94.2 Å². The molecule has 1 aromatic heterocycles. The Morgan fingerprint density at radius 3 is 2.71 bits per heavy atom. The van der Waals surface area contributed by atoms with Crippen LogP contribution in [0.2, 0.25) is 0 Å². The molecule has 74 valence electrons. The maximum absolute atomic E-state index is 11.1. The number of hydrogen-bond donors (Lipinski definition) is 1. The van der Waals surface area contributed by atoms with Crippen LogP contribution in [0.5, 0.6) is 0 Å². The number of aliphatic imine (C=N–C) groups is 1. The van der Waals surface area contributed by atoms with Crippen molar-refractivity contribution in [2.45, 2.75) is 0 Å². The van der Waals surface area contributed by atoms with Crippen molar-refractivity contribution in [3.63, 3.8) is 0 Å². The van der Waals surface area contributed by atoms with Gasteiger partial charge in [0.1, 0.15) is 10.8 Å². The largest absolute Gasteiger partial charge is 0.376 e. The van der Waals surface area contributed by atoms with Crippen molar-refractivity contribution in [1.29, 1.82) is 0 Å². The average Bonchev–Trinajstić information content (AvgIpc) is 2.49. The van der Waals surface area contributed by atoms with Crippen LogP contribution in [0.25, 0.3) is 5.70 Å². The molecule has 6 heteroatoms. The van der Waals surface area contributed by atoms with Crippen LogP contribution in [-0.4, -0.2) is 14.4 Å². The van der Waals surface area contributed by atoms with Crippen molar-refractivity contribution in [2.75, 3.05) is 0 Å². The van der Waals surface area contributed by atoms with Gasteiger partial charge in [-0.05, 0) is 12.1 Å². The van der Waals surface area contributed by atoms with Crippen molar-refractivity contribution >= 4 is 38.6 Å². The number of halogens is 1. The fraction of sp³-hybridized carbons (Fsp3) is 0. The topological polar surface area (TPSA) is 68.3 Å². The van der Waals surface area contributed by atoms with Crippen molar-refractivity contribution in [1.82, 2.24) is 4.98 Å². The van der Waals surface area contributed by atoms with E-state index < -0.39 is 10.8 Å². The maximum atomic E-state index is 11.1. The van der Waals surface area contributed by atoms with Crippen molar-refractivity contribution < 1.29 is 4.21 Å². The highest BCUT2D eigenvalue weighted by Gasteiger charge is 2.13. The summed E-state index contributed by atoms with van der Waals surface area (Å²) < 4.78 is 11.1. The van der Waals surface area contributed by atoms with Crippen LogP contribution in [0.1, 0.15) is 5.56 Å². The minimum Gasteiger partial charge on any atom is -0.376 e. The number of aromatic nitrogens is 1. The second-order valence-corrected chi connectivity index (χ2v) is 3.74. The van der Waals surface area contributed by atoms with Gasteiger partial charge in [0, 0.05) is 23.4 Å². The van der Waals surface area contributed by atoms with Crippen molar-refractivity contribution in [2.24, 2.45) is 10.7 Å². The zero-order valence-corrected chi connectivity index (χ0v) is 9.61. The lowest BCUT2D eigenvalue weighted by Gasteiger charge is -1.94. The maximum Gasteiger partial charge on any atom is 0.194 e. The van der Waals surface area contributed by atoms with Gasteiger partial charge in [-0.1, -0.05) is 0 Å². The molecule has 1 atom stereocenters. The van der Waals surface area contributed by atoms with Crippen LogP contribution in [0, 0.1) is 0 Å². The molecule has 0 aliphatic carbocycles. The van der Waals surface area contributed by atoms with Gasteiger partial charge in [0.25, 0.3) is 0 Å². The van der Waals surface area contributed by atoms with E-state index in [1.807, 2.05) is 6.07 Å². The smallest absolute Gasteiger partial charge is 0.194 e. The second-order valence-electron chi connectivity index (χ2n) is 2.49. The summed E-state index contributed by atoms with van der Waals surface area (Å²) in [5.41, 5.74) is 6.84. The van der Waals surface area contributed by atoms with E-state index in [1.54, 1.807) is 18.5 Å². The molecule has 4 nitrogen and oxygen atoms in total. The van der Waals surface area contributed by atoms with Gasteiger partial charge < -0.3 is 5.73 Å². The van der Waals surface area contributed by atoms with Gasteiger partial charge in [-0.3, -0.25) is 4.98 Å². The predicted octanol–water partition coefficient (Wildman–Crippen LogP) is 1.03. The molecule has 0 amide bonds. The molecule has 0 saturated heterocycles. The zero-order chi connectivity index (χ0) is 9.26. The molecule has 0 spiro atoms. The third-order valence-electron chi connectivity index (χ3n) is 1.61. The highest BCUT2D eigenvalue weighted by Crippen LogP contribution is 2.19. The van der Waals surface area contributed by atoms with Gasteiger partial charge >= 0.3 is 0 Å². The summed E-state index contributed by atoms with van der Waals surface area (Å²) in [4.78, 5) is 7.88. The van der Waals surface area contributed by atoms with E-state index >= 15 is 0 Å². The average molecular weight is 274 g/mol. The van der Waals surface area contributed by atoms with Crippen molar-refractivity contribution in [3.05, 3.63) is 35.5 Å². The quantitative estimate of drug-likeness (QED) is 0.831. The van der Waals surface area contributed by atoms with E-state index in [9.17, 15) is 4.21 Å². The van der Waals surface area contributed by atoms with E-state index in [2.05, 4.69) is 9.98 Å². The summed E-state index contributed by atoms with van der Waals surface area (Å²) in [6, 6.07) is 3.64. The van der Waals surface area contributed by atoms with Crippen molar-refractivity contribution in [3.8, 4) is 0 Å². The normalized spacial score (nSPS) is 19.6. The Kier molecular flexibility index (Phi) is 3.54. The lowest BCUT2D eigenvalue weighted by Crippen LogP contribution is -2.12. The Bertz CT molecular complexity index is 416. The van der Waals surface area contributed by atoms with Gasteiger partial charge in [-0.15, -0.1) is 17.0 Å². The Balaban J connectivity index is 0.000000980. The van der Waals surface area contributed by atoms with E-state index in [4.69, 9.17) is 5.73 Å². The third kappa shape index (κ3) is 2.08. The molecule has 0 bridgehead atoms. The molecule has 1 aromatic rings. The van der Waals surface area contributed by atoms with Crippen LogP contribution >= 0.6 is 17.0 Å². The Morgan fingerprint density at radius 2 is 2.21 bits per heavy atom. The molecule has 2 heterocycles. The van der Waals surface area contributed by atoms with E-state index in [0.717, 1.165) is 5.56 Å². The first kappa shape index (κ1) is 11.1. The number of rotatable bonds is 1. The summed E-state index contributed by atoms with van der Waals surface area (Å²) in [6.45, 7) is 0. The van der Waals surface area contributed by atoms with Gasteiger partial charge in [0.05, 0.1) is 5.70 Å². The molecular weight excluding hydrogens is 266 g/mol. The minimum atomic E-state index is -1.26.